The number of halogens is 2. The first-order valence-corrected chi connectivity index (χ1v) is 8.01. The van der Waals surface area contributed by atoms with Crippen molar-refractivity contribution in [1.29, 1.82) is 0 Å². The molecule has 2 aromatic carbocycles. The predicted molar refractivity (Wildman–Crippen MR) is 92.5 cm³/mol. The third-order valence-corrected chi connectivity index (χ3v) is 4.48. The average Bonchev–Trinajstić information content (AvgIpc) is 2.46. The van der Waals surface area contributed by atoms with Crippen LogP contribution in [0.3, 0.4) is 0 Å². The van der Waals surface area contributed by atoms with Crippen LogP contribution in [-0.4, -0.2) is 6.54 Å². The molecule has 0 aromatic heterocycles. The van der Waals surface area contributed by atoms with E-state index in [4.69, 9.17) is 28.9 Å². The van der Waals surface area contributed by atoms with Crippen molar-refractivity contribution in [1.82, 2.24) is 0 Å². The topological polar surface area (TPSA) is 26.0 Å². The third kappa shape index (κ3) is 4.00. The van der Waals surface area contributed by atoms with Crippen molar-refractivity contribution in [2.45, 2.75) is 32.1 Å². The minimum atomic E-state index is 0.135. The van der Waals surface area contributed by atoms with Crippen LogP contribution in [0, 0.1) is 0 Å². The summed E-state index contributed by atoms with van der Waals surface area (Å²) in [7, 11) is 0. The molecular formula is C18H21Cl2N. The Morgan fingerprint density at radius 3 is 2.00 bits per heavy atom. The molecule has 21 heavy (non-hydrogen) atoms. The molecule has 0 saturated carbocycles. The molecule has 0 aliphatic carbocycles. The second-order valence-corrected chi connectivity index (χ2v) is 6.48. The van der Waals surface area contributed by atoms with Crippen LogP contribution in [0.1, 0.15) is 42.4 Å². The van der Waals surface area contributed by atoms with Gasteiger partial charge in [0.15, 0.2) is 0 Å². The van der Waals surface area contributed by atoms with Gasteiger partial charge in [0.05, 0.1) is 0 Å². The van der Waals surface area contributed by atoms with E-state index in [1.807, 2.05) is 18.2 Å². The zero-order valence-electron chi connectivity index (χ0n) is 12.4. The van der Waals surface area contributed by atoms with E-state index in [9.17, 15) is 0 Å². The molecule has 0 amide bonds. The molecule has 0 spiro atoms. The smallest absolute Gasteiger partial charge is 0.0456 e. The Morgan fingerprint density at radius 1 is 0.952 bits per heavy atom. The summed E-state index contributed by atoms with van der Waals surface area (Å²) in [6.07, 6.45) is 0.846. The summed E-state index contributed by atoms with van der Waals surface area (Å²) >= 11 is 12.6. The summed E-state index contributed by atoms with van der Waals surface area (Å²) in [6, 6.07) is 14.3. The molecule has 0 radical (unpaired) electrons. The van der Waals surface area contributed by atoms with Gasteiger partial charge in [-0.05, 0) is 47.7 Å². The highest BCUT2D eigenvalue weighted by atomic mass is 35.5. The Bertz CT molecular complexity index is 570. The van der Waals surface area contributed by atoms with Gasteiger partial charge in [0.25, 0.3) is 0 Å². The highest BCUT2D eigenvalue weighted by Crippen LogP contribution is 2.33. The number of nitrogens with two attached hydrogens (primary N) is 1. The fraction of sp³-hybridized carbons (Fsp3) is 0.333. The van der Waals surface area contributed by atoms with Crippen molar-refractivity contribution in [2.75, 3.05) is 6.54 Å². The summed E-state index contributed by atoms with van der Waals surface area (Å²) in [4.78, 5) is 0. The van der Waals surface area contributed by atoms with Gasteiger partial charge in [-0.15, -0.1) is 0 Å². The minimum absolute atomic E-state index is 0.135. The van der Waals surface area contributed by atoms with Crippen LogP contribution in [0.2, 0.25) is 10.0 Å². The molecule has 1 atom stereocenters. The van der Waals surface area contributed by atoms with Crippen LogP contribution in [0.25, 0.3) is 0 Å². The summed E-state index contributed by atoms with van der Waals surface area (Å²) in [5.74, 6) is 0.679. The SMILES string of the molecule is CC(C)c1ccc(CC(CN)c2c(Cl)cccc2Cl)cc1. The van der Waals surface area contributed by atoms with Crippen LogP contribution in [0.4, 0.5) is 0 Å². The van der Waals surface area contributed by atoms with Crippen LogP contribution in [0.15, 0.2) is 42.5 Å². The summed E-state index contributed by atoms with van der Waals surface area (Å²) in [5.41, 5.74) is 9.51. The van der Waals surface area contributed by atoms with Crippen LogP contribution in [-0.2, 0) is 6.42 Å². The highest BCUT2D eigenvalue weighted by molar-refractivity contribution is 6.36. The van der Waals surface area contributed by atoms with Crippen molar-refractivity contribution in [2.24, 2.45) is 5.73 Å². The largest absolute Gasteiger partial charge is 0.330 e. The van der Waals surface area contributed by atoms with Crippen LogP contribution >= 0.6 is 23.2 Å². The average molecular weight is 322 g/mol. The molecule has 1 nitrogen and oxygen atoms in total. The normalized spacial score (nSPS) is 12.7. The Balaban J connectivity index is 2.23. The Hall–Kier alpha value is -1.02. The molecule has 3 heteroatoms. The zero-order valence-corrected chi connectivity index (χ0v) is 14.0. The van der Waals surface area contributed by atoms with E-state index in [1.54, 1.807) is 0 Å². The van der Waals surface area contributed by atoms with E-state index < -0.39 is 0 Å². The van der Waals surface area contributed by atoms with Gasteiger partial charge in [-0.2, -0.15) is 0 Å². The zero-order chi connectivity index (χ0) is 15.4. The quantitative estimate of drug-likeness (QED) is 0.783. The van der Waals surface area contributed by atoms with Gasteiger partial charge < -0.3 is 5.73 Å². The summed E-state index contributed by atoms with van der Waals surface area (Å²) in [5, 5.41) is 1.38. The lowest BCUT2D eigenvalue weighted by Gasteiger charge is -2.18. The maximum absolute atomic E-state index is 6.30. The summed E-state index contributed by atoms with van der Waals surface area (Å²) in [6.45, 7) is 4.91. The van der Waals surface area contributed by atoms with Crippen LogP contribution < -0.4 is 5.73 Å². The fourth-order valence-corrected chi connectivity index (χ4v) is 3.23. The monoisotopic (exact) mass is 321 g/mol. The van der Waals surface area contributed by atoms with Gasteiger partial charge in [0.2, 0.25) is 0 Å². The highest BCUT2D eigenvalue weighted by Gasteiger charge is 2.17. The van der Waals surface area contributed by atoms with Crippen molar-refractivity contribution in [3.8, 4) is 0 Å². The first-order chi connectivity index (χ1) is 10.0. The Labute approximate surface area is 137 Å². The Morgan fingerprint density at radius 2 is 1.52 bits per heavy atom. The van der Waals surface area contributed by atoms with Gasteiger partial charge in [0.1, 0.15) is 0 Å². The number of benzene rings is 2. The van der Waals surface area contributed by atoms with Gasteiger partial charge in [-0.1, -0.05) is 67.4 Å². The first kappa shape index (κ1) is 16.4. The van der Waals surface area contributed by atoms with E-state index in [2.05, 4.69) is 38.1 Å². The standard InChI is InChI=1S/C18H21Cl2N/c1-12(2)14-8-6-13(7-9-14)10-15(11-21)18-16(19)4-3-5-17(18)20/h3-9,12,15H,10-11,21H2,1-2H3. The van der Waals surface area contributed by atoms with Gasteiger partial charge in [-0.3, -0.25) is 0 Å². The molecule has 0 aliphatic rings. The number of hydrogen-bond donors (Lipinski definition) is 1. The van der Waals surface area contributed by atoms with Crippen molar-refractivity contribution in [3.05, 3.63) is 69.2 Å². The molecule has 0 fully saturated rings. The molecule has 0 aliphatic heterocycles. The maximum Gasteiger partial charge on any atom is 0.0456 e. The van der Waals surface area contributed by atoms with E-state index in [-0.39, 0.29) is 5.92 Å². The number of rotatable bonds is 5. The van der Waals surface area contributed by atoms with Gasteiger partial charge in [0, 0.05) is 16.0 Å². The van der Waals surface area contributed by atoms with E-state index in [1.165, 1.54) is 11.1 Å². The van der Waals surface area contributed by atoms with Gasteiger partial charge >= 0.3 is 0 Å². The number of hydrogen-bond acceptors (Lipinski definition) is 1. The molecule has 0 saturated heterocycles. The second kappa shape index (κ2) is 7.31. The lowest BCUT2D eigenvalue weighted by Crippen LogP contribution is -2.16. The van der Waals surface area contributed by atoms with Crippen molar-refractivity contribution < 1.29 is 0 Å². The molecule has 112 valence electrons. The van der Waals surface area contributed by atoms with Crippen molar-refractivity contribution >= 4 is 23.2 Å². The Kier molecular flexibility index (Phi) is 5.69. The lowest BCUT2D eigenvalue weighted by molar-refractivity contribution is 0.694. The molecule has 0 bridgehead atoms. The van der Waals surface area contributed by atoms with E-state index in [0.29, 0.717) is 22.5 Å². The summed E-state index contributed by atoms with van der Waals surface area (Å²) < 4.78 is 0. The fourth-order valence-electron chi connectivity index (χ4n) is 2.53. The van der Waals surface area contributed by atoms with Crippen molar-refractivity contribution in [3.63, 3.8) is 0 Å². The van der Waals surface area contributed by atoms with E-state index in [0.717, 1.165) is 12.0 Å². The maximum atomic E-state index is 6.30. The second-order valence-electron chi connectivity index (χ2n) is 5.67. The lowest BCUT2D eigenvalue weighted by atomic mass is 9.91. The van der Waals surface area contributed by atoms with Crippen LogP contribution in [0.5, 0.6) is 0 Å². The molecule has 1 unspecified atom stereocenters. The molecule has 2 N–H and O–H groups in total. The predicted octanol–water partition coefficient (Wildman–Crippen LogP) is 5.40. The molecular weight excluding hydrogens is 301 g/mol. The third-order valence-electron chi connectivity index (χ3n) is 3.82. The molecule has 2 aromatic rings. The van der Waals surface area contributed by atoms with Gasteiger partial charge in [-0.25, -0.2) is 0 Å². The first-order valence-electron chi connectivity index (χ1n) is 7.25. The molecule has 2 rings (SSSR count). The van der Waals surface area contributed by atoms with E-state index >= 15 is 0 Å². The molecule has 0 heterocycles. The minimum Gasteiger partial charge on any atom is -0.330 e.